The molecule has 0 aliphatic heterocycles. The van der Waals surface area contributed by atoms with Gasteiger partial charge in [0, 0.05) is 12.8 Å². The molecule has 16 nitrogen and oxygen atoms in total. The molecule has 0 fully saturated rings. The number of hydrogen-bond acceptors (Lipinski definition) is 13. The van der Waals surface area contributed by atoms with Gasteiger partial charge in [-0.3, -0.25) is 23.2 Å². The van der Waals surface area contributed by atoms with Gasteiger partial charge in [-0.1, -0.05) is 146 Å². The molecule has 0 saturated heterocycles. The summed E-state index contributed by atoms with van der Waals surface area (Å²) in [7, 11) is -9.81. The van der Waals surface area contributed by atoms with Gasteiger partial charge >= 0.3 is 27.6 Å². The van der Waals surface area contributed by atoms with Crippen molar-refractivity contribution in [2.75, 3.05) is 26.4 Å². The zero-order chi connectivity index (χ0) is 44.4. The number of hydrogen-bond donors (Lipinski definition) is 7. The Hall–Kier alpha value is -2.04. The molecule has 0 rings (SSSR count). The first kappa shape index (κ1) is 57.0. The Kier molecular flexibility index (Phi) is 34.3. The minimum absolute atomic E-state index is 0.0255. The first-order valence-electron chi connectivity index (χ1n) is 21.1. The molecule has 0 radical (unpaired) electrons. The predicted octanol–water partition coefficient (Wildman–Crippen LogP) is 7.05. The quantitative estimate of drug-likeness (QED) is 0.0142. The van der Waals surface area contributed by atoms with Crippen LogP contribution in [0.1, 0.15) is 136 Å². The summed E-state index contributed by atoms with van der Waals surface area (Å²) in [6.45, 7) is 3.52. The van der Waals surface area contributed by atoms with Crippen molar-refractivity contribution in [3.63, 3.8) is 0 Å². The van der Waals surface area contributed by atoms with Crippen molar-refractivity contribution in [2.24, 2.45) is 5.92 Å². The fourth-order valence-electron chi connectivity index (χ4n) is 5.35. The molecule has 0 aliphatic carbocycles. The van der Waals surface area contributed by atoms with Crippen LogP contribution in [0.5, 0.6) is 0 Å². The Morgan fingerprint density at radius 2 is 1.14 bits per heavy atom. The van der Waals surface area contributed by atoms with Gasteiger partial charge in [0.15, 0.2) is 6.10 Å². The molecule has 0 aromatic carbocycles. The third-order valence-corrected chi connectivity index (χ3v) is 10.6. The van der Waals surface area contributed by atoms with Gasteiger partial charge in [0.25, 0.3) is 0 Å². The van der Waals surface area contributed by atoms with E-state index in [9.17, 15) is 44.0 Å². The molecule has 0 aliphatic rings. The predicted molar refractivity (Wildman–Crippen MR) is 225 cm³/mol. The number of esters is 2. The molecule has 7 N–H and O–H groups in total. The first-order chi connectivity index (χ1) is 28.0. The van der Waals surface area contributed by atoms with E-state index >= 15 is 0 Å². The standard InChI is InChI=1S/C41H74O16P2/c1-4-6-17-24-35(42)25-19-14-11-12-15-20-26-38(44)39(45)27-22-29-41(47)57-37(33-56-59(51,52)55-31-36(43)30-54-58(48,49)50)32-53-40(46)28-21-16-10-8-7-9-13-18-23-34(3)5-2/h11-12,14-15,19-20,25-26,34-39,42-45H,4-10,13,16-18,21-24,27-33H2,1-3H3,(H,51,52)(H2,48,49,50)/b14-11-,15-12+,25-19+,26-20+/t34?,35-,36-,37+,38-,39-/m0/s1. The highest BCUT2D eigenvalue weighted by Crippen LogP contribution is 2.43. The first-order valence-corrected chi connectivity index (χ1v) is 24.1. The van der Waals surface area contributed by atoms with E-state index in [0.29, 0.717) is 6.42 Å². The maximum atomic E-state index is 12.7. The Bertz CT molecular complexity index is 1300. The van der Waals surface area contributed by atoms with Gasteiger partial charge in [-0.15, -0.1) is 0 Å². The van der Waals surface area contributed by atoms with Crippen LogP contribution in [-0.4, -0.2) is 104 Å². The lowest BCUT2D eigenvalue weighted by atomic mass is 9.99. The fraction of sp³-hybridized carbons (Fsp3) is 0.756. The smallest absolute Gasteiger partial charge is 0.462 e. The van der Waals surface area contributed by atoms with Crippen LogP contribution in [0.3, 0.4) is 0 Å². The average molecular weight is 885 g/mol. The van der Waals surface area contributed by atoms with Gasteiger partial charge in [-0.05, 0) is 31.6 Å². The lowest BCUT2D eigenvalue weighted by Crippen LogP contribution is -2.30. The molecule has 59 heavy (non-hydrogen) atoms. The number of carbonyl (C=O) groups is 2. The summed E-state index contributed by atoms with van der Waals surface area (Å²) >= 11 is 0. The third kappa shape index (κ3) is 37.5. The number of aliphatic hydroxyl groups excluding tert-OH is 4. The SMILES string of the molecule is CCCCC[C@H](O)/C=C/C=C\C=C\C=C\[C@H](O)[C@@H](O)CCCC(=O)O[C@H](COC(=O)CCCCCCCCCCC(C)CC)COP(=O)(O)OC[C@@H](O)COP(=O)(O)O. The second kappa shape index (κ2) is 35.5. The number of phosphoric acid groups is 2. The summed E-state index contributed by atoms with van der Waals surface area (Å²) in [4.78, 5) is 52.6. The summed E-state index contributed by atoms with van der Waals surface area (Å²) in [6.07, 6.45) is 22.0. The van der Waals surface area contributed by atoms with Crippen LogP contribution < -0.4 is 0 Å². The van der Waals surface area contributed by atoms with Crippen LogP contribution in [0.15, 0.2) is 48.6 Å². The molecule has 0 spiro atoms. The zero-order valence-electron chi connectivity index (χ0n) is 35.3. The maximum Gasteiger partial charge on any atom is 0.472 e. The molecule has 7 atom stereocenters. The van der Waals surface area contributed by atoms with Gasteiger partial charge in [0.05, 0.1) is 38.1 Å². The van der Waals surface area contributed by atoms with E-state index in [2.05, 4.69) is 29.8 Å². The molecule has 0 saturated carbocycles. The second-order valence-corrected chi connectivity index (χ2v) is 17.4. The van der Waals surface area contributed by atoms with Gasteiger partial charge in [-0.2, -0.15) is 0 Å². The van der Waals surface area contributed by atoms with E-state index < -0.39 is 84.5 Å². The number of aliphatic hydroxyl groups is 4. The summed E-state index contributed by atoms with van der Waals surface area (Å²) in [6, 6.07) is 0. The molecule has 2 unspecified atom stereocenters. The van der Waals surface area contributed by atoms with Crippen LogP contribution in [0.4, 0.5) is 0 Å². The normalized spacial score (nSPS) is 16.7. The number of allylic oxidation sites excluding steroid dienone is 6. The third-order valence-electron chi connectivity index (χ3n) is 9.12. The Morgan fingerprint density at radius 1 is 0.593 bits per heavy atom. The molecule has 0 bridgehead atoms. The van der Waals surface area contributed by atoms with E-state index in [0.717, 1.165) is 57.3 Å². The van der Waals surface area contributed by atoms with E-state index in [4.69, 9.17) is 23.8 Å². The molecule has 0 aromatic heterocycles. The molecule has 344 valence electrons. The van der Waals surface area contributed by atoms with Crippen molar-refractivity contribution in [1.82, 2.24) is 0 Å². The van der Waals surface area contributed by atoms with Crippen molar-refractivity contribution in [1.29, 1.82) is 0 Å². The fourth-order valence-corrected chi connectivity index (χ4v) is 6.51. The highest BCUT2D eigenvalue weighted by Gasteiger charge is 2.28. The Labute approximate surface area is 351 Å². The zero-order valence-corrected chi connectivity index (χ0v) is 37.1. The van der Waals surface area contributed by atoms with Crippen LogP contribution in [0, 0.1) is 5.92 Å². The monoisotopic (exact) mass is 884 g/mol. The van der Waals surface area contributed by atoms with Crippen molar-refractivity contribution < 1.29 is 76.9 Å². The van der Waals surface area contributed by atoms with Crippen LogP contribution in [0.2, 0.25) is 0 Å². The summed E-state index contributed by atoms with van der Waals surface area (Å²) < 4.78 is 47.4. The number of phosphoric ester groups is 2. The van der Waals surface area contributed by atoms with E-state index in [1.165, 1.54) is 38.2 Å². The van der Waals surface area contributed by atoms with Crippen LogP contribution in [0.25, 0.3) is 0 Å². The molecule has 18 heteroatoms. The largest absolute Gasteiger partial charge is 0.472 e. The summed E-state index contributed by atoms with van der Waals surface area (Å²) in [5.41, 5.74) is 0. The number of unbranched alkanes of at least 4 members (excludes halogenated alkanes) is 9. The van der Waals surface area contributed by atoms with Crippen molar-refractivity contribution >= 4 is 27.6 Å². The number of ether oxygens (including phenoxy) is 2. The molecular formula is C41H74O16P2. The lowest BCUT2D eigenvalue weighted by molar-refractivity contribution is -0.161. The Morgan fingerprint density at radius 3 is 1.76 bits per heavy atom. The van der Waals surface area contributed by atoms with E-state index in [-0.39, 0.29) is 25.7 Å². The average Bonchev–Trinajstić information content (AvgIpc) is 3.18. The topological polar surface area (TPSA) is 256 Å². The molecule has 0 heterocycles. The Balaban J connectivity index is 4.90. The molecule has 0 amide bonds. The minimum Gasteiger partial charge on any atom is -0.462 e. The van der Waals surface area contributed by atoms with Gasteiger partial charge in [-0.25, -0.2) is 9.13 Å². The van der Waals surface area contributed by atoms with Gasteiger partial charge in [0.2, 0.25) is 0 Å². The van der Waals surface area contributed by atoms with Crippen molar-refractivity contribution in [2.45, 2.75) is 167 Å². The lowest BCUT2D eigenvalue weighted by Gasteiger charge is -2.21. The summed E-state index contributed by atoms with van der Waals surface area (Å²) in [5, 5.41) is 40.2. The highest BCUT2D eigenvalue weighted by molar-refractivity contribution is 7.47. The highest BCUT2D eigenvalue weighted by atomic mass is 31.2. The number of rotatable bonds is 38. The number of carbonyl (C=O) groups excluding carboxylic acids is 2. The molecular weight excluding hydrogens is 810 g/mol. The summed E-state index contributed by atoms with van der Waals surface area (Å²) in [5.74, 6) is -0.595. The second-order valence-electron chi connectivity index (χ2n) is 14.7. The van der Waals surface area contributed by atoms with Crippen LogP contribution >= 0.6 is 15.6 Å². The maximum absolute atomic E-state index is 12.7. The van der Waals surface area contributed by atoms with Gasteiger partial charge < -0.3 is 44.6 Å². The van der Waals surface area contributed by atoms with Crippen molar-refractivity contribution in [3.05, 3.63) is 48.6 Å². The van der Waals surface area contributed by atoms with E-state index in [1.54, 1.807) is 42.5 Å². The van der Waals surface area contributed by atoms with Gasteiger partial charge in [0.1, 0.15) is 12.7 Å². The van der Waals surface area contributed by atoms with Crippen LogP contribution in [-0.2, 0) is 41.8 Å². The van der Waals surface area contributed by atoms with Crippen molar-refractivity contribution in [3.8, 4) is 0 Å². The molecule has 0 aromatic rings. The minimum atomic E-state index is -4.90. The van der Waals surface area contributed by atoms with E-state index in [1.807, 2.05) is 0 Å².